The van der Waals surface area contributed by atoms with Crippen LogP contribution < -0.4 is 0 Å². The molecule has 0 bridgehead atoms. The molecular weight excluding hydrogens is 1240 g/mol. The maximum atomic E-state index is 11.9. The lowest BCUT2D eigenvalue weighted by atomic mass is 11.0. The van der Waals surface area contributed by atoms with Gasteiger partial charge in [0.25, 0.3) is 10.2 Å². The van der Waals surface area contributed by atoms with Gasteiger partial charge in [0.05, 0.1) is 0 Å². The Kier molecular flexibility index (Phi) is 36.2. The summed E-state index contributed by atoms with van der Waals surface area (Å²) in [6.45, 7) is 0. The molecule has 0 rings (SSSR count). The average molecular weight is 1280 g/mol. The van der Waals surface area contributed by atoms with E-state index in [1.54, 1.807) is 0 Å². The van der Waals surface area contributed by atoms with Gasteiger partial charge in [-0.15, -0.1) is 0 Å². The molecule has 0 aliphatic heterocycles. The van der Waals surface area contributed by atoms with E-state index in [2.05, 4.69) is 0 Å². The molecule has 0 aromatic rings. The fourth-order valence-electron chi connectivity index (χ4n) is 1.95. The van der Waals surface area contributed by atoms with Gasteiger partial charge in [0, 0.05) is 79.1 Å². The summed E-state index contributed by atoms with van der Waals surface area (Å²) in [5.41, 5.74) is -11.9. The van der Waals surface area contributed by atoms with Gasteiger partial charge in [0.2, 0.25) is 0 Å². The summed E-state index contributed by atoms with van der Waals surface area (Å²) in [6.07, 6.45) is -42.0. The number of hydrogen-bond donors (Lipinski definition) is 0. The minimum atomic E-state index is -8.13. The molecule has 0 unspecified atom stereocenters. The van der Waals surface area contributed by atoms with Crippen molar-refractivity contribution in [2.75, 3.05) is 70.5 Å². The number of sulfonamides is 2. The van der Waals surface area contributed by atoms with Crippen LogP contribution in [0.3, 0.4) is 0 Å². The highest BCUT2D eigenvalue weighted by atomic mass is 32.3. The molecule has 0 saturated heterocycles. The van der Waals surface area contributed by atoms with E-state index in [0.717, 1.165) is 50.9 Å². The molecule has 0 N–H and O–H groups in total. The Balaban J connectivity index is -0.000000100. The van der Waals surface area contributed by atoms with Gasteiger partial charge in [-0.05, 0) is 4.31 Å². The molecule has 0 aromatic heterocycles. The van der Waals surface area contributed by atoms with Crippen LogP contribution in [0.5, 0.6) is 0 Å². The van der Waals surface area contributed by atoms with Gasteiger partial charge in [-0.2, -0.15) is 156 Å². The highest BCUT2D eigenvalue weighted by molar-refractivity contribution is 7.90. The molecule has 0 radical (unpaired) electrons. The highest BCUT2D eigenvalue weighted by Crippen LogP contribution is 2.45. The van der Waals surface area contributed by atoms with Crippen molar-refractivity contribution in [3.05, 3.63) is 0 Å². The number of halogens is 26. The number of nitrogens with zero attached hydrogens (tertiary/aromatic N) is 8. The second-order valence-corrected chi connectivity index (χ2v) is 22.3. The minimum absolute atomic E-state index is 0. The molecule has 0 amide bonds. The van der Waals surface area contributed by atoms with Gasteiger partial charge in [-0.1, -0.05) is 30.1 Å². The molecule has 0 fully saturated rings. The summed E-state index contributed by atoms with van der Waals surface area (Å²) >= 11 is 0. The van der Waals surface area contributed by atoms with Crippen molar-refractivity contribution in [2.45, 2.75) is 71.1 Å². The van der Waals surface area contributed by atoms with Crippen molar-refractivity contribution >= 4 is 61.3 Å². The third-order valence-electron chi connectivity index (χ3n) is 4.94. The van der Waals surface area contributed by atoms with Crippen LogP contribution in [0.1, 0.15) is 22.3 Å². The molecule has 0 atom stereocenters. The van der Waals surface area contributed by atoms with E-state index < -0.39 is 123 Å². The molecule has 0 saturated carbocycles. The van der Waals surface area contributed by atoms with Gasteiger partial charge in [-0.3, -0.25) is 0 Å². The van der Waals surface area contributed by atoms with E-state index in [4.69, 9.17) is 0 Å². The Morgan fingerprint density at radius 1 is 0.247 bits per heavy atom. The van der Waals surface area contributed by atoms with Crippen molar-refractivity contribution in [3.63, 3.8) is 0 Å². The molecule has 73 heavy (non-hydrogen) atoms. The van der Waals surface area contributed by atoms with Gasteiger partial charge >= 0.3 is 99.9 Å². The van der Waals surface area contributed by atoms with E-state index in [1.807, 2.05) is 0 Å². The molecular formula is C21H42F26N8O12S6. The molecule has 0 aliphatic rings. The summed E-state index contributed by atoms with van der Waals surface area (Å²) in [4.78, 5) is 0. The fraction of sp³-hybridized carbons (Fsp3) is 1.00. The molecule has 0 aliphatic carbocycles. The zero-order chi connectivity index (χ0) is 59.6. The minimum Gasteiger partial charge on any atom is -0.203 e. The van der Waals surface area contributed by atoms with Crippen molar-refractivity contribution in [3.8, 4) is 0 Å². The van der Waals surface area contributed by atoms with E-state index in [1.165, 1.54) is 28.2 Å². The van der Waals surface area contributed by atoms with E-state index >= 15 is 0 Å². The van der Waals surface area contributed by atoms with Gasteiger partial charge < -0.3 is 0 Å². The monoisotopic (exact) mass is 1280 g/mol. The zero-order valence-electron chi connectivity index (χ0n) is 34.8. The van der Waals surface area contributed by atoms with Crippen molar-refractivity contribution in [1.82, 2.24) is 34.4 Å². The van der Waals surface area contributed by atoms with Crippen LogP contribution >= 0.6 is 0 Å². The first kappa shape index (κ1) is 90.1. The topological polar surface area (TPSA) is 231 Å². The third kappa shape index (κ3) is 32.0. The largest absolute Gasteiger partial charge is 0.512 e. The summed E-state index contributed by atoms with van der Waals surface area (Å²) in [7, 11) is -20.6. The first-order valence-corrected chi connectivity index (χ1v) is 22.9. The number of hydrogen-bond acceptors (Lipinski definition) is 12. The molecule has 0 aromatic carbocycles. The summed E-state index contributed by atoms with van der Waals surface area (Å²) in [5.74, 6) is 0. The van der Waals surface area contributed by atoms with Crippen LogP contribution in [-0.2, 0) is 61.3 Å². The molecule has 0 heterocycles. The Morgan fingerprint density at radius 3 is 0.438 bits per heavy atom. The standard InChI is InChI=1S/C4F12N2O2S.C4H12N2O2S.C3F9NO2S.C3H6F3NO2S.2C2H6FNO2S.3CH4/c5-1(6,7)17(2(8,9)10)21(19,20)18(3(11,12)13)4(14,15)16;1-5(2)9(7,8)6(3)4;4-1(5,6)13(2(7,8)9)16(14,15)3(10,11)12;1-7(2)10(8,9)3(4,5)6;2*1-4(2)7(3,5)6;;;/h;1-4H3;;1-2H3;2*1-2H3;3*1H4. The third-order valence-corrected chi connectivity index (χ3v) is 13.3. The van der Waals surface area contributed by atoms with Crippen LogP contribution in [0.2, 0.25) is 0 Å². The Labute approximate surface area is 400 Å². The summed E-state index contributed by atoms with van der Waals surface area (Å²) in [6, 6.07) is 0. The van der Waals surface area contributed by atoms with Crippen LogP contribution in [0.25, 0.3) is 0 Å². The van der Waals surface area contributed by atoms with Crippen LogP contribution in [0, 0.1) is 0 Å². The van der Waals surface area contributed by atoms with Crippen molar-refractivity contribution in [2.24, 2.45) is 0 Å². The lowest BCUT2D eigenvalue weighted by Crippen LogP contribution is -2.62. The Bertz CT molecular complexity index is 2160. The molecule has 0 spiro atoms. The zero-order valence-corrected chi connectivity index (χ0v) is 39.7. The number of rotatable bonds is 8. The number of alkyl halides is 24. The summed E-state index contributed by atoms with van der Waals surface area (Å²) < 4.78 is 418. The highest BCUT2D eigenvalue weighted by Gasteiger charge is 2.72. The lowest BCUT2D eigenvalue weighted by molar-refractivity contribution is -0.356. The van der Waals surface area contributed by atoms with Crippen LogP contribution in [0.4, 0.5) is 113 Å². The molecule has 456 valence electrons. The van der Waals surface area contributed by atoms with E-state index in [-0.39, 0.29) is 26.6 Å². The van der Waals surface area contributed by atoms with Gasteiger partial charge in [0.15, 0.2) is 0 Å². The first-order chi connectivity index (χ1) is 29.3. The maximum Gasteiger partial charge on any atom is 0.512 e. The van der Waals surface area contributed by atoms with Crippen LogP contribution in [-0.4, -0.2) is 204 Å². The van der Waals surface area contributed by atoms with Crippen molar-refractivity contribution in [1.29, 1.82) is 0 Å². The predicted molar refractivity (Wildman–Crippen MR) is 198 cm³/mol. The Morgan fingerprint density at radius 2 is 0.397 bits per heavy atom. The second-order valence-electron chi connectivity index (χ2n) is 11.3. The predicted octanol–water partition coefficient (Wildman–Crippen LogP) is 6.28. The van der Waals surface area contributed by atoms with Gasteiger partial charge in [-0.25, -0.2) is 21.1 Å². The van der Waals surface area contributed by atoms with E-state index in [9.17, 15) is 164 Å². The quantitative estimate of drug-likeness (QED) is 0.149. The molecule has 52 heteroatoms. The maximum absolute atomic E-state index is 11.9. The second kappa shape index (κ2) is 29.3. The fourth-order valence-corrected chi connectivity index (χ4v) is 4.97. The smallest absolute Gasteiger partial charge is 0.203 e. The van der Waals surface area contributed by atoms with Crippen molar-refractivity contribution < 1.29 is 164 Å². The first-order valence-electron chi connectivity index (χ1n) is 14.5. The van der Waals surface area contributed by atoms with Gasteiger partial charge in [0.1, 0.15) is 0 Å². The molecule has 20 nitrogen and oxygen atoms in total. The summed E-state index contributed by atoms with van der Waals surface area (Å²) in [5, 5.41) is 0. The normalized spacial score (nSPS) is 14.0. The van der Waals surface area contributed by atoms with E-state index in [0.29, 0.717) is 8.61 Å². The SMILES string of the molecule is C.C.C.CN(C)S(=O)(=O)C(F)(F)F.CN(C)S(=O)(=O)F.CN(C)S(=O)(=O)F.CN(C)S(=O)(=O)N(C)C.O=S(=O)(N(C(F)(F)F)C(F)(F)F)C(F)(F)F.O=S(=O)(N(C(F)(F)F)C(F)(F)F)N(C(F)(F)F)C(F)(F)F. The van der Waals surface area contributed by atoms with Crippen LogP contribution in [0.15, 0.2) is 0 Å². The average Bonchev–Trinajstić information content (AvgIpc) is 2.95. The Hall–Kier alpha value is -2.44. The lowest BCUT2D eigenvalue weighted by Gasteiger charge is -2.32.